The van der Waals surface area contributed by atoms with Crippen LogP contribution in [-0.2, 0) is 0 Å². The highest BCUT2D eigenvalue weighted by atomic mass is 16.5. The van der Waals surface area contributed by atoms with Crippen molar-refractivity contribution in [3.63, 3.8) is 0 Å². The van der Waals surface area contributed by atoms with E-state index in [2.05, 4.69) is 23.9 Å². The van der Waals surface area contributed by atoms with Crippen LogP contribution < -0.4 is 4.74 Å². The molecule has 0 aromatic carbocycles. The molecule has 0 amide bonds. The van der Waals surface area contributed by atoms with Crippen LogP contribution in [0.5, 0.6) is 5.88 Å². The van der Waals surface area contributed by atoms with Gasteiger partial charge in [-0.25, -0.2) is 4.98 Å². The number of rotatable bonds is 2. The third-order valence-electron chi connectivity index (χ3n) is 3.21. The molecule has 1 atom stereocenters. The molecule has 3 nitrogen and oxygen atoms in total. The maximum absolute atomic E-state index is 5.11. The number of methoxy groups -OCH3 is 1. The number of likely N-dealkylation sites (tertiary alicyclic amines) is 1. The second-order valence-electron chi connectivity index (χ2n) is 4.22. The van der Waals surface area contributed by atoms with Gasteiger partial charge in [0.15, 0.2) is 0 Å². The number of nitrogens with zero attached hydrogens (tertiary/aromatic N) is 2. The minimum absolute atomic E-state index is 0.545. The Morgan fingerprint density at radius 1 is 1.53 bits per heavy atom. The molecule has 0 N–H and O–H groups in total. The molecular weight excluding hydrogens is 188 g/mol. The first kappa shape index (κ1) is 10.4. The van der Waals surface area contributed by atoms with Gasteiger partial charge in [-0.3, -0.25) is 4.90 Å². The smallest absolute Gasteiger partial charge is 0.213 e. The van der Waals surface area contributed by atoms with Crippen molar-refractivity contribution < 1.29 is 4.74 Å². The zero-order chi connectivity index (χ0) is 10.8. The molecule has 0 unspecified atom stereocenters. The van der Waals surface area contributed by atoms with Gasteiger partial charge in [0.25, 0.3) is 0 Å². The van der Waals surface area contributed by atoms with Crippen LogP contribution in [0.4, 0.5) is 0 Å². The normalized spacial score (nSPS) is 21.9. The van der Waals surface area contributed by atoms with Crippen molar-refractivity contribution in [2.75, 3.05) is 20.7 Å². The molecule has 1 saturated heterocycles. The van der Waals surface area contributed by atoms with Crippen molar-refractivity contribution in [3.8, 4) is 5.88 Å². The van der Waals surface area contributed by atoms with Gasteiger partial charge in [-0.1, -0.05) is 0 Å². The van der Waals surface area contributed by atoms with Gasteiger partial charge in [0.2, 0.25) is 5.88 Å². The second-order valence-corrected chi connectivity index (χ2v) is 4.22. The quantitative estimate of drug-likeness (QED) is 0.741. The Balaban J connectivity index is 2.28. The van der Waals surface area contributed by atoms with E-state index in [1.54, 1.807) is 7.11 Å². The summed E-state index contributed by atoms with van der Waals surface area (Å²) < 4.78 is 5.11. The summed E-state index contributed by atoms with van der Waals surface area (Å²) in [6, 6.07) is 2.56. The number of aromatic nitrogens is 1. The van der Waals surface area contributed by atoms with Crippen molar-refractivity contribution >= 4 is 0 Å². The van der Waals surface area contributed by atoms with Crippen molar-refractivity contribution in [1.82, 2.24) is 9.88 Å². The lowest BCUT2D eigenvalue weighted by Gasteiger charge is -2.21. The lowest BCUT2D eigenvalue weighted by atomic mass is 10.0. The maximum Gasteiger partial charge on any atom is 0.213 e. The molecule has 0 bridgehead atoms. The van der Waals surface area contributed by atoms with Crippen LogP contribution in [0.25, 0.3) is 0 Å². The van der Waals surface area contributed by atoms with Gasteiger partial charge in [0.1, 0.15) is 0 Å². The van der Waals surface area contributed by atoms with Crippen LogP contribution in [0.2, 0.25) is 0 Å². The molecule has 2 rings (SSSR count). The summed E-state index contributed by atoms with van der Waals surface area (Å²) in [6.45, 7) is 3.32. The van der Waals surface area contributed by atoms with Crippen LogP contribution in [0.3, 0.4) is 0 Å². The molecule has 1 aromatic heterocycles. The zero-order valence-electron chi connectivity index (χ0n) is 9.66. The Bertz CT molecular complexity index is 351. The van der Waals surface area contributed by atoms with Gasteiger partial charge < -0.3 is 4.74 Å². The zero-order valence-corrected chi connectivity index (χ0v) is 9.66. The summed E-state index contributed by atoms with van der Waals surface area (Å²) in [5.41, 5.74) is 2.62. The minimum atomic E-state index is 0.545. The molecule has 15 heavy (non-hydrogen) atoms. The number of pyridine rings is 1. The first-order valence-electron chi connectivity index (χ1n) is 5.43. The molecule has 0 saturated carbocycles. The van der Waals surface area contributed by atoms with Gasteiger partial charge in [-0.05, 0) is 44.5 Å². The molecule has 1 aliphatic rings. The Labute approximate surface area is 91.1 Å². The third kappa shape index (κ3) is 1.97. The molecule has 1 aliphatic heterocycles. The average molecular weight is 206 g/mol. The van der Waals surface area contributed by atoms with E-state index in [0.29, 0.717) is 11.9 Å². The predicted molar refractivity (Wildman–Crippen MR) is 60.1 cm³/mol. The molecule has 1 fully saturated rings. The van der Waals surface area contributed by atoms with Crippen molar-refractivity contribution in [3.05, 3.63) is 23.4 Å². The summed E-state index contributed by atoms with van der Waals surface area (Å²) >= 11 is 0. The maximum atomic E-state index is 5.11. The lowest BCUT2D eigenvalue weighted by Crippen LogP contribution is -2.18. The lowest BCUT2D eigenvalue weighted by molar-refractivity contribution is 0.315. The van der Waals surface area contributed by atoms with Gasteiger partial charge in [-0.15, -0.1) is 0 Å². The SMILES string of the molecule is COc1cc(C)c([C@H]2CCCN2C)cn1. The number of hydrogen-bond donors (Lipinski definition) is 0. The van der Waals surface area contributed by atoms with Crippen molar-refractivity contribution in [2.24, 2.45) is 0 Å². The van der Waals surface area contributed by atoms with E-state index < -0.39 is 0 Å². The van der Waals surface area contributed by atoms with Crippen molar-refractivity contribution in [2.45, 2.75) is 25.8 Å². The van der Waals surface area contributed by atoms with E-state index in [1.165, 1.54) is 30.5 Å². The first-order valence-corrected chi connectivity index (χ1v) is 5.43. The molecule has 0 radical (unpaired) electrons. The van der Waals surface area contributed by atoms with Gasteiger partial charge in [0, 0.05) is 18.3 Å². The Hall–Kier alpha value is -1.09. The van der Waals surface area contributed by atoms with Gasteiger partial charge in [-0.2, -0.15) is 0 Å². The predicted octanol–water partition coefficient (Wildman–Crippen LogP) is 2.17. The minimum Gasteiger partial charge on any atom is -0.481 e. The summed E-state index contributed by atoms with van der Waals surface area (Å²) in [4.78, 5) is 6.69. The highest BCUT2D eigenvalue weighted by Crippen LogP contribution is 2.32. The van der Waals surface area contributed by atoms with Crippen LogP contribution in [0, 0.1) is 6.92 Å². The molecule has 2 heterocycles. The van der Waals surface area contributed by atoms with Crippen molar-refractivity contribution in [1.29, 1.82) is 0 Å². The fraction of sp³-hybridized carbons (Fsp3) is 0.583. The molecule has 1 aromatic rings. The summed E-state index contributed by atoms with van der Waals surface area (Å²) in [5.74, 6) is 0.705. The third-order valence-corrected chi connectivity index (χ3v) is 3.21. The molecule has 82 valence electrons. The fourth-order valence-corrected chi connectivity index (χ4v) is 2.30. The molecule has 3 heteroatoms. The average Bonchev–Trinajstić information content (AvgIpc) is 2.64. The Kier molecular flexibility index (Phi) is 2.91. The van der Waals surface area contributed by atoms with E-state index >= 15 is 0 Å². The van der Waals surface area contributed by atoms with Crippen LogP contribution in [0.1, 0.15) is 30.0 Å². The topological polar surface area (TPSA) is 25.4 Å². The highest BCUT2D eigenvalue weighted by Gasteiger charge is 2.24. The molecular formula is C12H18N2O. The number of aryl methyl sites for hydroxylation is 1. The van der Waals surface area contributed by atoms with E-state index in [0.717, 1.165) is 0 Å². The first-order chi connectivity index (χ1) is 7.22. The van der Waals surface area contributed by atoms with Gasteiger partial charge >= 0.3 is 0 Å². The summed E-state index contributed by atoms with van der Waals surface area (Å²) in [5, 5.41) is 0. The largest absolute Gasteiger partial charge is 0.481 e. The fourth-order valence-electron chi connectivity index (χ4n) is 2.30. The van der Waals surface area contributed by atoms with E-state index in [1.807, 2.05) is 12.3 Å². The number of ether oxygens (including phenoxy) is 1. The summed E-state index contributed by atoms with van der Waals surface area (Å²) in [6.07, 6.45) is 4.48. The van der Waals surface area contributed by atoms with E-state index in [9.17, 15) is 0 Å². The number of hydrogen-bond acceptors (Lipinski definition) is 3. The molecule has 0 aliphatic carbocycles. The highest BCUT2D eigenvalue weighted by molar-refractivity contribution is 5.31. The van der Waals surface area contributed by atoms with Gasteiger partial charge in [0.05, 0.1) is 7.11 Å². The van der Waals surface area contributed by atoms with Crippen LogP contribution in [0.15, 0.2) is 12.3 Å². The Morgan fingerprint density at radius 2 is 2.33 bits per heavy atom. The molecule has 0 spiro atoms. The monoisotopic (exact) mass is 206 g/mol. The van der Waals surface area contributed by atoms with Crippen LogP contribution >= 0.6 is 0 Å². The Morgan fingerprint density at radius 3 is 2.87 bits per heavy atom. The van der Waals surface area contributed by atoms with E-state index in [-0.39, 0.29) is 0 Å². The summed E-state index contributed by atoms with van der Waals surface area (Å²) in [7, 11) is 3.84. The standard InChI is InChI=1S/C12H18N2O/c1-9-7-12(15-3)13-8-10(9)11-5-4-6-14(11)2/h7-8,11H,4-6H2,1-3H3/t11-/m1/s1. The second kappa shape index (κ2) is 4.19. The van der Waals surface area contributed by atoms with Crippen LogP contribution in [-0.4, -0.2) is 30.6 Å². The van der Waals surface area contributed by atoms with E-state index in [4.69, 9.17) is 4.74 Å².